The molecular weight excluding hydrogens is 448 g/mol. The number of aliphatic hydroxyl groups is 1. The van der Waals surface area contributed by atoms with Crippen molar-refractivity contribution >= 4 is 21.6 Å². The maximum absolute atomic E-state index is 12.4. The van der Waals surface area contributed by atoms with Crippen LogP contribution in [0.5, 0.6) is 0 Å². The van der Waals surface area contributed by atoms with Gasteiger partial charge in [0, 0.05) is 18.8 Å². The summed E-state index contributed by atoms with van der Waals surface area (Å²) in [6.07, 6.45) is 10.9. The molecule has 1 saturated heterocycles. The van der Waals surface area contributed by atoms with Crippen LogP contribution >= 0.6 is 0 Å². The Bertz CT molecular complexity index is 1000. The van der Waals surface area contributed by atoms with Gasteiger partial charge in [0.25, 0.3) is 0 Å². The second-order valence-corrected chi connectivity index (χ2v) is 11.1. The third-order valence-corrected chi connectivity index (χ3v) is 7.14. The topological polar surface area (TPSA) is 86.7 Å². The fourth-order valence-electron chi connectivity index (χ4n) is 4.42. The van der Waals surface area contributed by atoms with Gasteiger partial charge in [-0.15, -0.1) is 0 Å². The van der Waals surface area contributed by atoms with Crippen LogP contribution in [-0.4, -0.2) is 38.8 Å². The Hall–Kier alpha value is -2.22. The highest BCUT2D eigenvalue weighted by Crippen LogP contribution is 2.39. The number of unbranched alkanes of at least 4 members (excludes halogenated alkanes) is 5. The molecule has 1 aliphatic heterocycles. The van der Waals surface area contributed by atoms with Crippen LogP contribution in [0.2, 0.25) is 0 Å². The van der Waals surface area contributed by atoms with Crippen LogP contribution in [0.3, 0.4) is 0 Å². The molecule has 1 heterocycles. The molecular formula is C27H38N2O4S. The number of carbonyl (C=O) groups is 1. The standard InChI is InChI=1S/C27H38N2O4S/c1-34(32,33)28-19-7-6-10-23-13-17-25(18-14-23)29-26(21-27(29)31)24-15-11-22(12-16-24)9-5-3-2-4-8-20-30/h11-18,26,28,30H,2-10,19-21H2,1H3. The largest absolute Gasteiger partial charge is 0.396 e. The highest BCUT2D eigenvalue weighted by molar-refractivity contribution is 7.88. The number of aryl methyl sites for hydroxylation is 2. The lowest BCUT2D eigenvalue weighted by molar-refractivity contribution is -0.124. The first-order valence-corrected chi connectivity index (χ1v) is 14.3. The van der Waals surface area contributed by atoms with Crippen LogP contribution in [0.1, 0.15) is 74.1 Å². The van der Waals surface area contributed by atoms with Crippen LogP contribution in [0.25, 0.3) is 0 Å². The normalized spacial score (nSPS) is 16.0. The van der Waals surface area contributed by atoms with Crippen molar-refractivity contribution in [1.29, 1.82) is 0 Å². The van der Waals surface area contributed by atoms with Crippen molar-refractivity contribution in [3.63, 3.8) is 0 Å². The van der Waals surface area contributed by atoms with Gasteiger partial charge in [0.1, 0.15) is 0 Å². The lowest BCUT2D eigenvalue weighted by atomic mass is 9.91. The minimum atomic E-state index is -3.12. The minimum Gasteiger partial charge on any atom is -0.396 e. The number of aliphatic hydroxyl groups excluding tert-OH is 1. The van der Waals surface area contributed by atoms with Gasteiger partial charge in [-0.3, -0.25) is 4.79 Å². The van der Waals surface area contributed by atoms with Gasteiger partial charge in [-0.05, 0) is 67.3 Å². The molecule has 186 valence electrons. The first kappa shape index (κ1) is 26.4. The van der Waals surface area contributed by atoms with Gasteiger partial charge < -0.3 is 10.0 Å². The highest BCUT2D eigenvalue weighted by Gasteiger charge is 2.38. The number of rotatable bonds is 15. The van der Waals surface area contributed by atoms with Gasteiger partial charge in [-0.2, -0.15) is 0 Å². The van der Waals surface area contributed by atoms with E-state index >= 15 is 0 Å². The Kier molecular flexibility index (Phi) is 10.1. The Morgan fingerprint density at radius 3 is 2.00 bits per heavy atom. The molecule has 34 heavy (non-hydrogen) atoms. The van der Waals surface area contributed by atoms with Gasteiger partial charge in [0.05, 0.1) is 18.7 Å². The van der Waals surface area contributed by atoms with Crippen molar-refractivity contribution in [2.24, 2.45) is 0 Å². The molecule has 2 N–H and O–H groups in total. The molecule has 6 nitrogen and oxygen atoms in total. The van der Waals surface area contributed by atoms with Crippen molar-refractivity contribution in [3.8, 4) is 0 Å². The molecule has 1 unspecified atom stereocenters. The molecule has 0 aromatic heterocycles. The number of β-lactam (4-membered cyclic amide) rings is 1. The Labute approximate surface area is 204 Å². The molecule has 2 aromatic carbocycles. The van der Waals surface area contributed by atoms with Crippen molar-refractivity contribution in [1.82, 2.24) is 4.72 Å². The molecule has 0 spiro atoms. The van der Waals surface area contributed by atoms with E-state index in [1.807, 2.05) is 17.0 Å². The van der Waals surface area contributed by atoms with Crippen LogP contribution in [0.15, 0.2) is 48.5 Å². The number of benzene rings is 2. The zero-order chi connectivity index (χ0) is 24.4. The van der Waals surface area contributed by atoms with Crippen LogP contribution < -0.4 is 9.62 Å². The highest BCUT2D eigenvalue weighted by atomic mass is 32.2. The third-order valence-electron chi connectivity index (χ3n) is 6.41. The predicted octanol–water partition coefficient (Wildman–Crippen LogP) is 4.52. The maximum Gasteiger partial charge on any atom is 0.230 e. The van der Waals surface area contributed by atoms with E-state index in [4.69, 9.17) is 5.11 Å². The fraction of sp³-hybridized carbons (Fsp3) is 0.519. The van der Waals surface area contributed by atoms with Crippen LogP contribution in [0, 0.1) is 0 Å². The smallest absolute Gasteiger partial charge is 0.230 e. The maximum atomic E-state index is 12.4. The Balaban J connectivity index is 1.47. The van der Waals surface area contributed by atoms with E-state index in [2.05, 4.69) is 41.1 Å². The average Bonchev–Trinajstić information content (AvgIpc) is 2.80. The van der Waals surface area contributed by atoms with Gasteiger partial charge in [0.2, 0.25) is 15.9 Å². The summed E-state index contributed by atoms with van der Waals surface area (Å²) in [5.41, 5.74) is 4.62. The summed E-state index contributed by atoms with van der Waals surface area (Å²) in [5, 5.41) is 8.84. The molecule has 1 atom stereocenters. The van der Waals surface area contributed by atoms with Gasteiger partial charge in [0.15, 0.2) is 0 Å². The Morgan fingerprint density at radius 1 is 0.853 bits per heavy atom. The summed E-state index contributed by atoms with van der Waals surface area (Å²) in [6.45, 7) is 0.753. The number of hydrogen-bond donors (Lipinski definition) is 2. The molecule has 1 amide bonds. The number of carbonyl (C=O) groups excluding carboxylic acids is 1. The third kappa shape index (κ3) is 8.22. The number of nitrogens with one attached hydrogen (secondary N) is 1. The van der Waals surface area contributed by atoms with E-state index in [1.54, 1.807) is 0 Å². The van der Waals surface area contributed by atoms with E-state index in [9.17, 15) is 13.2 Å². The summed E-state index contributed by atoms with van der Waals surface area (Å²) in [4.78, 5) is 14.3. The van der Waals surface area contributed by atoms with Gasteiger partial charge in [-0.25, -0.2) is 13.1 Å². The first-order chi connectivity index (χ1) is 16.4. The van der Waals surface area contributed by atoms with E-state index < -0.39 is 10.0 Å². The summed E-state index contributed by atoms with van der Waals surface area (Å²) in [7, 11) is -3.12. The average molecular weight is 487 g/mol. The van der Waals surface area contributed by atoms with Crippen LogP contribution in [-0.2, 0) is 27.7 Å². The lowest BCUT2D eigenvalue weighted by Gasteiger charge is -2.41. The van der Waals surface area contributed by atoms with Gasteiger partial charge in [-0.1, -0.05) is 55.7 Å². The summed E-state index contributed by atoms with van der Waals surface area (Å²) in [5.74, 6) is 0.150. The van der Waals surface area contributed by atoms with Crippen molar-refractivity contribution in [2.45, 2.75) is 70.3 Å². The molecule has 3 rings (SSSR count). The fourth-order valence-corrected chi connectivity index (χ4v) is 4.94. The number of hydrogen-bond acceptors (Lipinski definition) is 4. The Morgan fingerprint density at radius 2 is 1.41 bits per heavy atom. The molecule has 1 aliphatic rings. The summed E-state index contributed by atoms with van der Waals surface area (Å²) >= 11 is 0. The lowest BCUT2D eigenvalue weighted by Crippen LogP contribution is -2.46. The SMILES string of the molecule is CS(=O)(=O)NCCCCc1ccc(N2C(=O)CC2c2ccc(CCCCCCCO)cc2)cc1. The second kappa shape index (κ2) is 13.0. The summed E-state index contributed by atoms with van der Waals surface area (Å²) < 4.78 is 24.7. The van der Waals surface area contributed by atoms with E-state index in [1.165, 1.54) is 42.2 Å². The van der Waals surface area contributed by atoms with Crippen molar-refractivity contribution in [2.75, 3.05) is 24.3 Å². The molecule has 0 saturated carbocycles. The monoisotopic (exact) mass is 486 g/mol. The van der Waals surface area contributed by atoms with Gasteiger partial charge >= 0.3 is 0 Å². The minimum absolute atomic E-state index is 0.0907. The summed E-state index contributed by atoms with van der Waals surface area (Å²) in [6, 6.07) is 16.9. The number of nitrogens with zero attached hydrogens (tertiary/aromatic N) is 1. The predicted molar refractivity (Wildman–Crippen MR) is 137 cm³/mol. The zero-order valence-electron chi connectivity index (χ0n) is 20.2. The molecule has 0 radical (unpaired) electrons. The molecule has 0 bridgehead atoms. The first-order valence-electron chi connectivity index (χ1n) is 12.4. The van der Waals surface area contributed by atoms with E-state index in [-0.39, 0.29) is 11.9 Å². The molecule has 2 aromatic rings. The molecule has 7 heteroatoms. The number of sulfonamides is 1. The van der Waals surface area contributed by atoms with E-state index in [0.29, 0.717) is 19.6 Å². The van der Waals surface area contributed by atoms with E-state index in [0.717, 1.165) is 44.2 Å². The van der Waals surface area contributed by atoms with Crippen molar-refractivity contribution < 1.29 is 18.3 Å². The number of amides is 1. The van der Waals surface area contributed by atoms with Crippen LogP contribution in [0.4, 0.5) is 5.69 Å². The quantitative estimate of drug-likeness (QED) is 0.286. The zero-order valence-corrected chi connectivity index (χ0v) is 21.0. The number of anilines is 1. The molecule has 0 aliphatic carbocycles. The molecule has 1 fully saturated rings. The van der Waals surface area contributed by atoms with Crippen molar-refractivity contribution in [3.05, 3.63) is 65.2 Å². The second-order valence-electron chi connectivity index (χ2n) is 9.26.